The first-order chi connectivity index (χ1) is 7.34. The average Bonchev–Trinajstić information content (AvgIpc) is 2.28. The van der Waals surface area contributed by atoms with Crippen LogP contribution in [0.3, 0.4) is 0 Å². The van der Waals surface area contributed by atoms with Crippen LogP contribution in [0.5, 0.6) is 0 Å². The molecule has 0 spiro atoms. The Bertz CT molecular complexity index is 644. The summed E-state index contributed by atoms with van der Waals surface area (Å²) in [5.41, 5.74) is 3.11. The average molecular weight is 194 g/mol. The molecule has 0 bridgehead atoms. The van der Waals surface area contributed by atoms with Crippen LogP contribution in [0.4, 0.5) is 0 Å². The number of aryl methyl sites for hydroxylation is 1. The number of benzene rings is 1. The second kappa shape index (κ2) is 3.02. The second-order valence-electron chi connectivity index (χ2n) is 3.65. The monoisotopic (exact) mass is 194 g/mol. The van der Waals surface area contributed by atoms with E-state index < -0.39 is 0 Å². The number of pyridine rings is 2. The Hall–Kier alpha value is -1.96. The maximum absolute atomic E-state index is 4.50. The van der Waals surface area contributed by atoms with E-state index in [4.69, 9.17) is 0 Å². The van der Waals surface area contributed by atoms with Crippen molar-refractivity contribution < 1.29 is 0 Å². The molecule has 0 aliphatic heterocycles. The van der Waals surface area contributed by atoms with Crippen LogP contribution in [0.15, 0.2) is 42.6 Å². The van der Waals surface area contributed by atoms with Gasteiger partial charge >= 0.3 is 0 Å². The fraction of sp³-hybridized carbons (Fsp3) is 0.0769. The van der Waals surface area contributed by atoms with Gasteiger partial charge in [0.15, 0.2) is 0 Å². The number of hydrogen-bond acceptors (Lipinski definition) is 2. The van der Waals surface area contributed by atoms with Crippen molar-refractivity contribution in [2.75, 3.05) is 0 Å². The van der Waals surface area contributed by atoms with Crippen LogP contribution < -0.4 is 0 Å². The molecule has 0 N–H and O–H groups in total. The first kappa shape index (κ1) is 8.36. The van der Waals surface area contributed by atoms with Gasteiger partial charge in [0, 0.05) is 22.7 Å². The van der Waals surface area contributed by atoms with Gasteiger partial charge in [0.1, 0.15) is 0 Å². The van der Waals surface area contributed by atoms with Gasteiger partial charge in [-0.15, -0.1) is 0 Å². The lowest BCUT2D eigenvalue weighted by molar-refractivity contribution is 1.26. The molecule has 1 aromatic carbocycles. The minimum absolute atomic E-state index is 1.02. The zero-order valence-electron chi connectivity index (χ0n) is 8.44. The molecule has 2 heteroatoms. The highest BCUT2D eigenvalue weighted by molar-refractivity contribution is 6.04. The van der Waals surface area contributed by atoms with Crippen LogP contribution in [0.1, 0.15) is 5.69 Å². The molecule has 0 aliphatic carbocycles. The zero-order valence-corrected chi connectivity index (χ0v) is 8.44. The molecule has 3 rings (SSSR count). The van der Waals surface area contributed by atoms with Gasteiger partial charge in [-0.2, -0.15) is 0 Å². The zero-order chi connectivity index (χ0) is 10.3. The van der Waals surface area contributed by atoms with Crippen molar-refractivity contribution in [3.8, 4) is 0 Å². The summed E-state index contributed by atoms with van der Waals surface area (Å²) in [5.74, 6) is 0. The van der Waals surface area contributed by atoms with E-state index in [0.29, 0.717) is 0 Å². The third kappa shape index (κ3) is 1.26. The first-order valence-electron chi connectivity index (χ1n) is 4.96. The number of fused-ring (bicyclic) bond motifs is 3. The van der Waals surface area contributed by atoms with Crippen LogP contribution in [0, 0.1) is 6.92 Å². The second-order valence-corrected chi connectivity index (χ2v) is 3.65. The summed E-state index contributed by atoms with van der Waals surface area (Å²) in [4.78, 5) is 8.82. The topological polar surface area (TPSA) is 25.8 Å². The maximum Gasteiger partial charge on any atom is 0.0712 e. The number of nitrogens with zero attached hydrogens (tertiary/aromatic N) is 2. The highest BCUT2D eigenvalue weighted by Gasteiger charge is 2.01. The van der Waals surface area contributed by atoms with Gasteiger partial charge in [-0.25, -0.2) is 0 Å². The van der Waals surface area contributed by atoms with E-state index >= 15 is 0 Å². The Morgan fingerprint density at radius 1 is 0.867 bits per heavy atom. The van der Waals surface area contributed by atoms with E-state index in [0.717, 1.165) is 16.7 Å². The summed E-state index contributed by atoms with van der Waals surface area (Å²) in [7, 11) is 0. The van der Waals surface area contributed by atoms with Crippen molar-refractivity contribution in [2.24, 2.45) is 0 Å². The molecule has 2 nitrogen and oxygen atoms in total. The van der Waals surface area contributed by atoms with Gasteiger partial charge in [-0.05, 0) is 31.2 Å². The van der Waals surface area contributed by atoms with Crippen LogP contribution >= 0.6 is 0 Å². The van der Waals surface area contributed by atoms with E-state index in [1.165, 1.54) is 10.8 Å². The van der Waals surface area contributed by atoms with Gasteiger partial charge < -0.3 is 0 Å². The minimum atomic E-state index is 1.02. The summed E-state index contributed by atoms with van der Waals surface area (Å²) in [6.45, 7) is 2.01. The highest BCUT2D eigenvalue weighted by atomic mass is 14.7. The lowest BCUT2D eigenvalue weighted by atomic mass is 10.1. The predicted molar refractivity (Wildman–Crippen MR) is 61.8 cm³/mol. The van der Waals surface area contributed by atoms with E-state index in [-0.39, 0.29) is 0 Å². The fourth-order valence-corrected chi connectivity index (χ4v) is 1.87. The molecule has 3 aromatic rings. The Morgan fingerprint density at radius 3 is 2.60 bits per heavy atom. The van der Waals surface area contributed by atoms with Gasteiger partial charge in [0.2, 0.25) is 0 Å². The third-order valence-electron chi connectivity index (χ3n) is 2.59. The van der Waals surface area contributed by atoms with Crippen LogP contribution in [-0.2, 0) is 0 Å². The minimum Gasteiger partial charge on any atom is -0.256 e. The largest absolute Gasteiger partial charge is 0.256 e. The van der Waals surface area contributed by atoms with Gasteiger partial charge in [-0.3, -0.25) is 9.97 Å². The van der Waals surface area contributed by atoms with Crippen molar-refractivity contribution in [3.63, 3.8) is 0 Å². The van der Waals surface area contributed by atoms with E-state index in [2.05, 4.69) is 22.1 Å². The van der Waals surface area contributed by atoms with Crippen LogP contribution in [0.2, 0.25) is 0 Å². The molecular weight excluding hydrogens is 184 g/mol. The summed E-state index contributed by atoms with van der Waals surface area (Å²) in [6.07, 6.45) is 1.82. The van der Waals surface area contributed by atoms with Crippen molar-refractivity contribution >= 4 is 21.8 Å². The normalized spacial score (nSPS) is 11.0. The molecule has 0 atom stereocenters. The van der Waals surface area contributed by atoms with Crippen molar-refractivity contribution in [1.82, 2.24) is 9.97 Å². The summed E-state index contributed by atoms with van der Waals surface area (Å²) in [5, 5.41) is 2.34. The van der Waals surface area contributed by atoms with Crippen molar-refractivity contribution in [1.29, 1.82) is 0 Å². The number of aromatic nitrogens is 2. The number of hydrogen-bond donors (Lipinski definition) is 0. The molecule has 0 amide bonds. The molecule has 0 unspecified atom stereocenters. The molecule has 0 aliphatic rings. The SMILES string of the molecule is Cc1ccc2c(ccc3ncccc32)n1. The molecule has 0 saturated carbocycles. The lowest BCUT2D eigenvalue weighted by Gasteiger charge is -2.02. The van der Waals surface area contributed by atoms with E-state index in [1.54, 1.807) is 0 Å². The molecule has 2 aromatic heterocycles. The fourth-order valence-electron chi connectivity index (χ4n) is 1.87. The summed E-state index contributed by atoms with van der Waals surface area (Å²) < 4.78 is 0. The van der Waals surface area contributed by atoms with Crippen LogP contribution in [0.25, 0.3) is 21.8 Å². The standard InChI is InChI=1S/C13H10N2/c1-9-4-5-11-10-3-2-8-14-12(10)6-7-13(11)15-9/h2-8H,1H3. The molecule has 0 saturated heterocycles. The summed E-state index contributed by atoms with van der Waals surface area (Å²) >= 11 is 0. The maximum atomic E-state index is 4.50. The van der Waals surface area contributed by atoms with E-state index in [1.807, 2.05) is 37.4 Å². The Balaban J connectivity index is 2.55. The van der Waals surface area contributed by atoms with Crippen LogP contribution in [-0.4, -0.2) is 9.97 Å². The number of rotatable bonds is 0. The quantitative estimate of drug-likeness (QED) is 0.514. The molecule has 2 heterocycles. The molecular formula is C13H10N2. The Morgan fingerprint density at radius 2 is 1.67 bits per heavy atom. The third-order valence-corrected chi connectivity index (χ3v) is 2.59. The Kier molecular flexibility index (Phi) is 1.68. The first-order valence-corrected chi connectivity index (χ1v) is 4.96. The lowest BCUT2D eigenvalue weighted by Crippen LogP contribution is -1.85. The van der Waals surface area contributed by atoms with Gasteiger partial charge in [0.05, 0.1) is 11.0 Å². The molecule has 0 radical (unpaired) electrons. The van der Waals surface area contributed by atoms with Crippen molar-refractivity contribution in [3.05, 3.63) is 48.3 Å². The highest BCUT2D eigenvalue weighted by Crippen LogP contribution is 2.22. The van der Waals surface area contributed by atoms with Gasteiger partial charge in [0.25, 0.3) is 0 Å². The summed E-state index contributed by atoms with van der Waals surface area (Å²) in [6, 6.07) is 12.2. The molecule has 72 valence electrons. The Labute approximate surface area is 87.6 Å². The van der Waals surface area contributed by atoms with Gasteiger partial charge in [-0.1, -0.05) is 12.1 Å². The van der Waals surface area contributed by atoms with Crippen molar-refractivity contribution in [2.45, 2.75) is 6.92 Å². The molecule has 0 fully saturated rings. The van der Waals surface area contributed by atoms with E-state index in [9.17, 15) is 0 Å². The smallest absolute Gasteiger partial charge is 0.0712 e. The molecule has 15 heavy (non-hydrogen) atoms. The predicted octanol–water partition coefficient (Wildman–Crippen LogP) is 3.09.